The summed E-state index contributed by atoms with van der Waals surface area (Å²) in [5.74, 6) is 2.61. The van der Waals surface area contributed by atoms with Crippen molar-refractivity contribution in [2.24, 2.45) is 7.05 Å². The van der Waals surface area contributed by atoms with Crippen LogP contribution >= 0.6 is 0 Å². The third-order valence-corrected chi connectivity index (χ3v) is 6.84. The molecule has 5 aromatic rings. The molecule has 5 aromatic heterocycles. The van der Waals surface area contributed by atoms with Crippen molar-refractivity contribution in [3.8, 4) is 11.5 Å². The molecule has 0 radical (unpaired) electrons. The largest absolute Gasteiger partial charge is 0.454 e. The molecule has 11 nitrogen and oxygen atoms in total. The van der Waals surface area contributed by atoms with E-state index < -0.39 is 0 Å². The molecule has 6 heterocycles. The summed E-state index contributed by atoms with van der Waals surface area (Å²) in [5.41, 5.74) is 4.36. The maximum Gasteiger partial charge on any atom is 0.210 e. The van der Waals surface area contributed by atoms with Crippen molar-refractivity contribution < 1.29 is 14.2 Å². The van der Waals surface area contributed by atoms with E-state index >= 15 is 0 Å². The standard InChI is InChI=1S/C27H32N8O3/c1-27(2,3)22-10-23(33-35(22)17-6-7-37-15-17)31-26-32-25-21(34(26)4)9-19(13-30-25)38-18-8-20-16(14-36-5)11-28-24(20)29-12-18/h8-13,17H,6-7,14-15H2,1-5H3,(H,28,29)(H,30,31,32,33)/t17-/m1/s1. The van der Waals surface area contributed by atoms with Crippen LogP contribution in [0.5, 0.6) is 11.5 Å². The number of ether oxygens (including phenoxy) is 3. The average Bonchev–Trinajstić information content (AvgIpc) is 3.67. The fraction of sp³-hybridized carbons (Fsp3) is 0.407. The zero-order chi connectivity index (χ0) is 26.4. The van der Waals surface area contributed by atoms with E-state index in [1.54, 1.807) is 19.5 Å². The molecule has 0 amide bonds. The van der Waals surface area contributed by atoms with Gasteiger partial charge in [-0.25, -0.2) is 9.97 Å². The van der Waals surface area contributed by atoms with Gasteiger partial charge in [-0.15, -0.1) is 0 Å². The summed E-state index contributed by atoms with van der Waals surface area (Å²) in [6.45, 7) is 8.53. The smallest absolute Gasteiger partial charge is 0.210 e. The highest BCUT2D eigenvalue weighted by Crippen LogP contribution is 2.32. The SMILES string of the molecule is COCc1c[nH]c2ncc(Oc3cnc4nc(Nc5cc(C(C)(C)C)n([C@@H]6CCOC6)n5)n(C)c4c3)cc12. The number of aromatic amines is 1. The van der Waals surface area contributed by atoms with Crippen LogP contribution < -0.4 is 10.1 Å². The van der Waals surface area contributed by atoms with E-state index in [-0.39, 0.29) is 11.5 Å². The number of aryl methyl sites for hydroxylation is 1. The van der Waals surface area contributed by atoms with Crippen LogP contribution in [0.3, 0.4) is 0 Å². The van der Waals surface area contributed by atoms with Crippen molar-refractivity contribution in [2.75, 3.05) is 25.6 Å². The first-order valence-corrected chi connectivity index (χ1v) is 12.7. The zero-order valence-corrected chi connectivity index (χ0v) is 22.3. The van der Waals surface area contributed by atoms with Crippen LogP contribution in [0.15, 0.2) is 36.8 Å². The van der Waals surface area contributed by atoms with Gasteiger partial charge in [-0.2, -0.15) is 10.1 Å². The first kappa shape index (κ1) is 24.4. The van der Waals surface area contributed by atoms with Gasteiger partial charge >= 0.3 is 0 Å². The molecule has 1 saturated heterocycles. The van der Waals surface area contributed by atoms with Crippen molar-refractivity contribution in [1.82, 2.24) is 34.3 Å². The van der Waals surface area contributed by atoms with Crippen molar-refractivity contribution in [3.63, 3.8) is 0 Å². The number of anilines is 2. The monoisotopic (exact) mass is 516 g/mol. The zero-order valence-electron chi connectivity index (χ0n) is 22.3. The first-order valence-electron chi connectivity index (χ1n) is 12.7. The van der Waals surface area contributed by atoms with Crippen LogP contribution in [-0.2, 0) is 28.5 Å². The Bertz CT molecular complexity index is 1600. The number of hydrogen-bond acceptors (Lipinski definition) is 8. The van der Waals surface area contributed by atoms with Gasteiger partial charge in [-0.3, -0.25) is 4.68 Å². The third kappa shape index (κ3) is 4.48. The number of methoxy groups -OCH3 is 1. The highest BCUT2D eigenvalue weighted by Gasteiger charge is 2.28. The topological polar surface area (TPSA) is 117 Å². The number of pyridine rings is 2. The second-order valence-corrected chi connectivity index (χ2v) is 10.7. The summed E-state index contributed by atoms with van der Waals surface area (Å²) in [7, 11) is 3.62. The van der Waals surface area contributed by atoms with Crippen LogP contribution in [0.1, 0.15) is 44.5 Å². The Morgan fingerprint density at radius 3 is 2.74 bits per heavy atom. The minimum atomic E-state index is -0.0573. The number of imidazole rings is 1. The number of rotatable bonds is 7. The van der Waals surface area contributed by atoms with E-state index in [1.807, 2.05) is 29.9 Å². The van der Waals surface area contributed by atoms with Crippen molar-refractivity contribution >= 4 is 34.0 Å². The molecule has 1 aliphatic rings. The Hall–Kier alpha value is -3.96. The van der Waals surface area contributed by atoms with Crippen molar-refractivity contribution in [1.29, 1.82) is 0 Å². The van der Waals surface area contributed by atoms with E-state index in [0.717, 1.165) is 46.7 Å². The molecule has 0 aromatic carbocycles. The lowest BCUT2D eigenvalue weighted by molar-refractivity contribution is 0.183. The maximum atomic E-state index is 6.12. The van der Waals surface area contributed by atoms with E-state index in [4.69, 9.17) is 24.3 Å². The van der Waals surface area contributed by atoms with Gasteiger partial charge in [0.2, 0.25) is 5.95 Å². The normalized spacial score (nSPS) is 16.1. The van der Waals surface area contributed by atoms with Crippen LogP contribution in [0, 0.1) is 0 Å². The van der Waals surface area contributed by atoms with Crippen LogP contribution in [0.4, 0.5) is 11.8 Å². The van der Waals surface area contributed by atoms with E-state index in [9.17, 15) is 0 Å². The predicted octanol–water partition coefficient (Wildman–Crippen LogP) is 4.98. The lowest BCUT2D eigenvalue weighted by atomic mass is 9.91. The number of nitrogens with zero attached hydrogens (tertiary/aromatic N) is 6. The van der Waals surface area contributed by atoms with Crippen LogP contribution in [-0.4, -0.2) is 54.6 Å². The maximum absolute atomic E-state index is 6.12. The molecule has 198 valence electrons. The Morgan fingerprint density at radius 2 is 1.97 bits per heavy atom. The number of nitrogens with one attached hydrogen (secondary N) is 2. The minimum absolute atomic E-state index is 0.0573. The Morgan fingerprint density at radius 1 is 1.16 bits per heavy atom. The summed E-state index contributed by atoms with van der Waals surface area (Å²) in [4.78, 5) is 16.9. The third-order valence-electron chi connectivity index (χ3n) is 6.84. The van der Waals surface area contributed by atoms with Crippen molar-refractivity contribution in [3.05, 3.63) is 48.0 Å². The molecule has 0 saturated carbocycles. The number of fused-ring (bicyclic) bond motifs is 2. The fourth-order valence-corrected chi connectivity index (χ4v) is 4.85. The van der Waals surface area contributed by atoms with Gasteiger partial charge < -0.3 is 29.1 Å². The molecule has 0 unspecified atom stereocenters. The van der Waals surface area contributed by atoms with Gasteiger partial charge in [0.15, 0.2) is 11.5 Å². The Kier molecular flexibility index (Phi) is 6.04. The van der Waals surface area contributed by atoms with Gasteiger partial charge in [0, 0.05) is 61.2 Å². The Labute approximate surface area is 220 Å². The highest BCUT2D eigenvalue weighted by atomic mass is 16.5. The van der Waals surface area contributed by atoms with Crippen LogP contribution in [0.2, 0.25) is 0 Å². The highest BCUT2D eigenvalue weighted by molar-refractivity contribution is 5.81. The molecule has 0 spiro atoms. The number of aromatic nitrogens is 7. The van der Waals surface area contributed by atoms with E-state index in [0.29, 0.717) is 36.3 Å². The molecule has 0 aliphatic carbocycles. The molecule has 2 N–H and O–H groups in total. The summed E-state index contributed by atoms with van der Waals surface area (Å²) >= 11 is 0. The fourth-order valence-electron chi connectivity index (χ4n) is 4.85. The van der Waals surface area contributed by atoms with Gasteiger partial charge in [-0.1, -0.05) is 20.8 Å². The summed E-state index contributed by atoms with van der Waals surface area (Å²) < 4.78 is 21.1. The number of hydrogen-bond donors (Lipinski definition) is 2. The molecule has 1 atom stereocenters. The van der Waals surface area contributed by atoms with Crippen molar-refractivity contribution in [2.45, 2.75) is 45.3 Å². The minimum Gasteiger partial charge on any atom is -0.454 e. The van der Waals surface area contributed by atoms with E-state index in [2.05, 4.69) is 51.8 Å². The second kappa shape index (κ2) is 9.41. The lowest BCUT2D eigenvalue weighted by Crippen LogP contribution is -2.22. The summed E-state index contributed by atoms with van der Waals surface area (Å²) in [6, 6.07) is 6.22. The van der Waals surface area contributed by atoms with E-state index in [1.165, 1.54) is 0 Å². The molecule has 0 bridgehead atoms. The van der Waals surface area contributed by atoms with Gasteiger partial charge in [0.25, 0.3) is 0 Å². The molecule has 38 heavy (non-hydrogen) atoms. The van der Waals surface area contributed by atoms with Gasteiger partial charge in [0.05, 0.1) is 37.2 Å². The molecule has 6 rings (SSSR count). The molecular formula is C27H32N8O3. The molecule has 1 aliphatic heterocycles. The molecular weight excluding hydrogens is 484 g/mol. The quantitative estimate of drug-likeness (QED) is 0.311. The van der Waals surface area contributed by atoms with Gasteiger partial charge in [0.1, 0.15) is 17.1 Å². The average molecular weight is 517 g/mol. The lowest BCUT2D eigenvalue weighted by Gasteiger charge is -2.22. The molecule has 1 fully saturated rings. The number of H-pyrrole nitrogens is 1. The summed E-state index contributed by atoms with van der Waals surface area (Å²) in [6.07, 6.45) is 6.22. The predicted molar refractivity (Wildman–Crippen MR) is 144 cm³/mol. The molecule has 11 heteroatoms. The summed E-state index contributed by atoms with van der Waals surface area (Å²) in [5, 5.41) is 9.25. The van der Waals surface area contributed by atoms with Crippen LogP contribution in [0.25, 0.3) is 22.2 Å². The van der Waals surface area contributed by atoms with Gasteiger partial charge in [-0.05, 0) is 12.5 Å². The first-order chi connectivity index (χ1) is 18.3. The Balaban J connectivity index is 1.27. The second-order valence-electron chi connectivity index (χ2n) is 10.7.